The van der Waals surface area contributed by atoms with Gasteiger partial charge in [-0.1, -0.05) is 0 Å². The van der Waals surface area contributed by atoms with Crippen LogP contribution < -0.4 is 0 Å². The summed E-state index contributed by atoms with van der Waals surface area (Å²) >= 11 is 0. The van der Waals surface area contributed by atoms with Crippen LogP contribution in [0, 0.1) is 0 Å². The van der Waals surface area contributed by atoms with Gasteiger partial charge in [-0.15, -0.1) is 0 Å². The van der Waals surface area contributed by atoms with Crippen LogP contribution in [0.4, 0.5) is 26.3 Å². The van der Waals surface area contributed by atoms with Crippen molar-refractivity contribution in [3.8, 4) is 0 Å². The van der Waals surface area contributed by atoms with Gasteiger partial charge in [0.05, 0.1) is 0 Å². The summed E-state index contributed by atoms with van der Waals surface area (Å²) in [6.07, 6.45) is -12.6. The Morgan fingerprint density at radius 2 is 1.63 bits per heavy atom. The molecular formula is C9H7F6NO3. The molecule has 10 heteroatoms. The van der Waals surface area contributed by atoms with Gasteiger partial charge in [-0.3, -0.25) is 9.69 Å². The van der Waals surface area contributed by atoms with Crippen LogP contribution in [-0.4, -0.2) is 40.9 Å². The zero-order valence-electron chi connectivity index (χ0n) is 9.14. The number of hydrogen-bond acceptors (Lipinski definition) is 3. The Balaban J connectivity index is 2.61. The van der Waals surface area contributed by atoms with Gasteiger partial charge in [0.1, 0.15) is 6.04 Å². The molecule has 2 heterocycles. The summed E-state index contributed by atoms with van der Waals surface area (Å²) < 4.78 is 80.6. The van der Waals surface area contributed by atoms with Crippen LogP contribution >= 0.6 is 0 Å². The van der Waals surface area contributed by atoms with E-state index < -0.39 is 47.3 Å². The number of rotatable bonds is 0. The standard InChI is InChI=1S/C9H7F6NO3/c10-8(11,12)7(9(13,14)15)16-4(6(18)19-7)2-1-3-5(16)17/h4H,1-3H2/t4-/m1/s1. The van der Waals surface area contributed by atoms with Crippen molar-refractivity contribution in [1.29, 1.82) is 0 Å². The number of carbonyl (C=O) groups excluding carboxylic acids is 2. The van der Waals surface area contributed by atoms with Crippen LogP contribution in [0.3, 0.4) is 0 Å². The summed E-state index contributed by atoms with van der Waals surface area (Å²) in [6.45, 7) is 0. The van der Waals surface area contributed by atoms with Crippen LogP contribution in [0.25, 0.3) is 0 Å². The lowest BCUT2D eigenvalue weighted by atomic mass is 9.99. The third-order valence-corrected chi connectivity index (χ3v) is 3.08. The van der Waals surface area contributed by atoms with Gasteiger partial charge in [0.15, 0.2) is 0 Å². The minimum Gasteiger partial charge on any atom is -0.419 e. The lowest BCUT2D eigenvalue weighted by Crippen LogP contribution is -2.68. The molecule has 0 aliphatic carbocycles. The van der Waals surface area contributed by atoms with Gasteiger partial charge in [-0.25, -0.2) is 4.79 Å². The summed E-state index contributed by atoms with van der Waals surface area (Å²) in [6, 6.07) is -1.83. The molecule has 0 aromatic rings. The number of ether oxygens (including phenoxy) is 1. The highest BCUT2D eigenvalue weighted by molar-refractivity contribution is 5.89. The second-order valence-corrected chi connectivity index (χ2v) is 4.23. The van der Waals surface area contributed by atoms with E-state index in [2.05, 4.69) is 4.74 Å². The highest BCUT2D eigenvalue weighted by Gasteiger charge is 2.83. The Hall–Kier alpha value is -1.48. The fourth-order valence-electron chi connectivity index (χ4n) is 2.30. The average molecular weight is 291 g/mol. The maximum atomic E-state index is 12.8. The van der Waals surface area contributed by atoms with Gasteiger partial charge in [-0.2, -0.15) is 26.3 Å². The molecule has 0 radical (unpaired) electrons. The van der Waals surface area contributed by atoms with Crippen LogP contribution in [0.15, 0.2) is 0 Å². The first kappa shape index (κ1) is 13.9. The Labute approximate surface area is 102 Å². The second-order valence-electron chi connectivity index (χ2n) is 4.23. The maximum absolute atomic E-state index is 12.8. The Kier molecular flexibility index (Phi) is 2.76. The van der Waals surface area contributed by atoms with Crippen LogP contribution in [-0.2, 0) is 14.3 Å². The van der Waals surface area contributed by atoms with Crippen molar-refractivity contribution in [2.75, 3.05) is 0 Å². The molecule has 4 nitrogen and oxygen atoms in total. The van der Waals surface area contributed by atoms with Gasteiger partial charge in [-0.05, 0) is 12.8 Å². The fourth-order valence-corrected chi connectivity index (χ4v) is 2.30. The highest BCUT2D eigenvalue weighted by Crippen LogP contribution is 2.53. The van der Waals surface area contributed by atoms with E-state index in [-0.39, 0.29) is 12.8 Å². The van der Waals surface area contributed by atoms with Gasteiger partial charge >= 0.3 is 24.0 Å². The van der Waals surface area contributed by atoms with Crippen molar-refractivity contribution in [3.63, 3.8) is 0 Å². The normalized spacial score (nSPS) is 27.3. The summed E-state index contributed by atoms with van der Waals surface area (Å²) in [7, 11) is 0. The molecule has 2 saturated heterocycles. The molecule has 0 spiro atoms. The molecule has 19 heavy (non-hydrogen) atoms. The van der Waals surface area contributed by atoms with Crippen LogP contribution in [0.1, 0.15) is 19.3 Å². The number of halogens is 6. The van der Waals surface area contributed by atoms with E-state index in [0.29, 0.717) is 0 Å². The second kappa shape index (κ2) is 3.76. The number of nitrogens with zero attached hydrogens (tertiary/aromatic N) is 1. The summed E-state index contributed by atoms with van der Waals surface area (Å²) in [5.41, 5.74) is -4.86. The Morgan fingerprint density at radius 1 is 1.11 bits per heavy atom. The van der Waals surface area contributed by atoms with Crippen molar-refractivity contribution in [1.82, 2.24) is 4.90 Å². The molecule has 2 aliphatic rings. The highest BCUT2D eigenvalue weighted by atomic mass is 19.4. The molecular weight excluding hydrogens is 284 g/mol. The van der Waals surface area contributed by atoms with E-state index in [9.17, 15) is 35.9 Å². The molecule has 0 aromatic carbocycles. The maximum Gasteiger partial charge on any atom is 0.458 e. The zero-order valence-corrected chi connectivity index (χ0v) is 9.14. The fraction of sp³-hybridized carbons (Fsp3) is 0.778. The number of hydrogen-bond donors (Lipinski definition) is 0. The molecule has 2 rings (SSSR count). The van der Waals surface area contributed by atoms with E-state index in [4.69, 9.17) is 0 Å². The molecule has 1 atom stereocenters. The molecule has 0 aromatic heterocycles. The lowest BCUT2D eigenvalue weighted by molar-refractivity contribution is -0.396. The number of esters is 1. The third-order valence-electron chi connectivity index (χ3n) is 3.08. The largest absolute Gasteiger partial charge is 0.458 e. The monoisotopic (exact) mass is 291 g/mol. The molecule has 2 aliphatic heterocycles. The Morgan fingerprint density at radius 3 is 2.11 bits per heavy atom. The number of alkyl halides is 6. The smallest absolute Gasteiger partial charge is 0.419 e. The van der Waals surface area contributed by atoms with Gasteiger partial charge in [0, 0.05) is 6.42 Å². The summed E-state index contributed by atoms with van der Waals surface area (Å²) in [5, 5.41) is 0. The van der Waals surface area contributed by atoms with E-state index in [0.717, 1.165) is 0 Å². The van der Waals surface area contributed by atoms with Crippen molar-refractivity contribution in [3.05, 3.63) is 0 Å². The SMILES string of the molecule is O=C1OC(C(F)(F)F)(C(F)(F)F)N2C(=O)CCC[C@H]12. The zero-order chi connectivity index (χ0) is 14.6. The van der Waals surface area contributed by atoms with E-state index in [1.165, 1.54) is 0 Å². The molecule has 0 saturated carbocycles. The van der Waals surface area contributed by atoms with E-state index in [1.807, 2.05) is 0 Å². The Bertz CT molecular complexity index is 415. The predicted octanol–water partition coefficient (Wildman–Crippen LogP) is 1.75. The van der Waals surface area contributed by atoms with Gasteiger partial charge < -0.3 is 4.74 Å². The van der Waals surface area contributed by atoms with Crippen LogP contribution in [0.5, 0.6) is 0 Å². The van der Waals surface area contributed by atoms with Crippen molar-refractivity contribution in [2.45, 2.75) is 43.4 Å². The van der Waals surface area contributed by atoms with Crippen molar-refractivity contribution < 1.29 is 40.7 Å². The number of piperidine rings is 1. The number of carbonyl (C=O) groups is 2. The molecule has 0 bridgehead atoms. The third kappa shape index (κ3) is 1.68. The predicted molar refractivity (Wildman–Crippen MR) is 45.4 cm³/mol. The number of cyclic esters (lactones) is 1. The first-order valence-corrected chi connectivity index (χ1v) is 5.21. The molecule has 0 unspecified atom stereocenters. The minimum atomic E-state index is -5.96. The van der Waals surface area contributed by atoms with Crippen molar-refractivity contribution >= 4 is 11.9 Å². The van der Waals surface area contributed by atoms with Crippen molar-refractivity contribution in [2.24, 2.45) is 0 Å². The van der Waals surface area contributed by atoms with Gasteiger partial charge in [0.2, 0.25) is 5.91 Å². The average Bonchev–Trinajstić information content (AvgIpc) is 2.53. The molecule has 0 N–H and O–H groups in total. The molecule has 1 amide bonds. The minimum absolute atomic E-state index is 0.0426. The summed E-state index contributed by atoms with van der Waals surface area (Å²) in [5.74, 6) is -3.07. The quantitative estimate of drug-likeness (QED) is 0.504. The molecule has 108 valence electrons. The first-order valence-electron chi connectivity index (χ1n) is 5.21. The molecule has 2 fully saturated rings. The first-order chi connectivity index (χ1) is 8.52. The summed E-state index contributed by atoms with van der Waals surface area (Å²) in [4.78, 5) is 22.2. The topological polar surface area (TPSA) is 46.6 Å². The van der Waals surface area contributed by atoms with Crippen LogP contribution in [0.2, 0.25) is 0 Å². The van der Waals surface area contributed by atoms with E-state index >= 15 is 0 Å². The number of fused-ring (bicyclic) bond motifs is 1. The van der Waals surface area contributed by atoms with Gasteiger partial charge in [0.25, 0.3) is 0 Å². The van der Waals surface area contributed by atoms with E-state index in [1.54, 1.807) is 0 Å². The number of amides is 1. The lowest BCUT2D eigenvalue weighted by Gasteiger charge is -2.40.